The molecule has 0 radical (unpaired) electrons. The molecule has 0 saturated carbocycles. The van der Waals surface area contributed by atoms with E-state index in [-0.39, 0.29) is 5.54 Å². The first kappa shape index (κ1) is 12.7. The number of nitrogens with zero attached hydrogens (tertiary/aromatic N) is 1. The average Bonchev–Trinajstić information content (AvgIpc) is 2.69. The van der Waals surface area contributed by atoms with Crippen LogP contribution in [0.15, 0.2) is 23.0 Å². The maximum atomic E-state index is 10.5. The molecule has 1 aromatic heterocycles. The molecule has 1 unspecified atom stereocenters. The van der Waals surface area contributed by atoms with E-state index in [1.165, 1.54) is 25.7 Å². The van der Waals surface area contributed by atoms with Crippen LogP contribution in [-0.2, 0) is 0 Å². The fourth-order valence-electron chi connectivity index (χ4n) is 2.66. The zero-order valence-electron chi connectivity index (χ0n) is 10.9. The molecule has 96 valence electrons. The molecule has 1 aromatic rings. The third-order valence-electron chi connectivity index (χ3n) is 3.95. The molecule has 17 heavy (non-hydrogen) atoms. The second kappa shape index (κ2) is 5.23. The molecule has 0 aromatic carbocycles. The van der Waals surface area contributed by atoms with E-state index in [9.17, 15) is 5.11 Å². The molecule has 3 nitrogen and oxygen atoms in total. The van der Waals surface area contributed by atoms with E-state index in [2.05, 4.69) is 18.7 Å². The molecule has 0 spiro atoms. The first-order chi connectivity index (χ1) is 8.12. The molecule has 0 bridgehead atoms. The van der Waals surface area contributed by atoms with E-state index in [1.807, 2.05) is 6.07 Å². The Balaban J connectivity index is 2.10. The van der Waals surface area contributed by atoms with E-state index in [1.54, 1.807) is 12.5 Å². The van der Waals surface area contributed by atoms with Crippen molar-refractivity contribution in [3.8, 4) is 0 Å². The molecule has 2 rings (SSSR count). The minimum atomic E-state index is -0.487. The van der Waals surface area contributed by atoms with Crippen LogP contribution in [0.2, 0.25) is 0 Å². The summed E-state index contributed by atoms with van der Waals surface area (Å²) in [6.07, 6.45) is 7.88. The number of furan rings is 1. The minimum Gasteiger partial charge on any atom is -0.472 e. The van der Waals surface area contributed by atoms with Crippen molar-refractivity contribution >= 4 is 0 Å². The molecule has 1 atom stereocenters. The standard InChI is InChI=1S/C14H23NO2/c1-14(2,13(16)12-7-10-17-11-12)15-8-5-3-4-6-9-15/h7,10-11,13,16H,3-6,8-9H2,1-2H3. The Hall–Kier alpha value is -0.800. The molecule has 0 aliphatic carbocycles. The van der Waals surface area contributed by atoms with Gasteiger partial charge in [-0.25, -0.2) is 0 Å². The van der Waals surface area contributed by atoms with Gasteiger partial charge in [-0.2, -0.15) is 0 Å². The van der Waals surface area contributed by atoms with Crippen LogP contribution in [0.5, 0.6) is 0 Å². The molecule has 0 amide bonds. The van der Waals surface area contributed by atoms with Crippen LogP contribution in [-0.4, -0.2) is 28.6 Å². The summed E-state index contributed by atoms with van der Waals surface area (Å²) in [6, 6.07) is 1.85. The predicted octanol–water partition coefficient (Wildman–Crippen LogP) is 2.97. The Morgan fingerprint density at radius 1 is 1.24 bits per heavy atom. The number of hydrogen-bond acceptors (Lipinski definition) is 3. The lowest BCUT2D eigenvalue weighted by Gasteiger charge is -2.41. The Labute approximate surface area is 103 Å². The molecule has 3 heteroatoms. The zero-order valence-corrected chi connectivity index (χ0v) is 10.9. The normalized spacial score (nSPS) is 21.1. The van der Waals surface area contributed by atoms with Gasteiger partial charge in [0.2, 0.25) is 0 Å². The van der Waals surface area contributed by atoms with Gasteiger partial charge in [0.15, 0.2) is 0 Å². The van der Waals surface area contributed by atoms with E-state index >= 15 is 0 Å². The van der Waals surface area contributed by atoms with Gasteiger partial charge in [-0.05, 0) is 45.8 Å². The second-order valence-corrected chi connectivity index (χ2v) is 5.51. The molecular formula is C14H23NO2. The lowest BCUT2D eigenvalue weighted by molar-refractivity contribution is -0.0103. The summed E-state index contributed by atoms with van der Waals surface area (Å²) in [6.45, 7) is 6.41. The lowest BCUT2D eigenvalue weighted by atomic mass is 9.90. The van der Waals surface area contributed by atoms with E-state index in [0.29, 0.717) is 0 Å². The minimum absolute atomic E-state index is 0.228. The first-order valence-corrected chi connectivity index (χ1v) is 6.57. The van der Waals surface area contributed by atoms with Crippen molar-refractivity contribution in [3.05, 3.63) is 24.2 Å². The summed E-state index contributed by atoms with van der Waals surface area (Å²) >= 11 is 0. The van der Waals surface area contributed by atoms with Gasteiger partial charge in [0.1, 0.15) is 0 Å². The third-order valence-corrected chi connectivity index (χ3v) is 3.95. The van der Waals surface area contributed by atoms with Crippen molar-refractivity contribution in [2.75, 3.05) is 13.1 Å². The number of aliphatic hydroxyl groups excluding tert-OH is 1. The summed E-state index contributed by atoms with van der Waals surface area (Å²) in [4.78, 5) is 2.41. The van der Waals surface area contributed by atoms with E-state index < -0.39 is 6.10 Å². The highest BCUT2D eigenvalue weighted by molar-refractivity contribution is 5.14. The second-order valence-electron chi connectivity index (χ2n) is 5.51. The number of rotatable bonds is 3. The lowest BCUT2D eigenvalue weighted by Crippen LogP contribution is -2.48. The molecule has 2 heterocycles. The Bertz CT molecular complexity index is 324. The van der Waals surface area contributed by atoms with Crippen molar-refractivity contribution in [2.24, 2.45) is 0 Å². The van der Waals surface area contributed by atoms with Gasteiger partial charge < -0.3 is 9.52 Å². The fourth-order valence-corrected chi connectivity index (χ4v) is 2.66. The van der Waals surface area contributed by atoms with Gasteiger partial charge in [-0.3, -0.25) is 4.90 Å². The quantitative estimate of drug-likeness (QED) is 0.878. The largest absolute Gasteiger partial charge is 0.472 e. The Morgan fingerprint density at radius 2 is 1.88 bits per heavy atom. The van der Waals surface area contributed by atoms with Crippen LogP contribution < -0.4 is 0 Å². The maximum absolute atomic E-state index is 10.5. The Kier molecular flexibility index (Phi) is 3.89. The van der Waals surface area contributed by atoms with Crippen LogP contribution >= 0.6 is 0 Å². The van der Waals surface area contributed by atoms with Crippen LogP contribution in [0.25, 0.3) is 0 Å². The summed E-state index contributed by atoms with van der Waals surface area (Å²) in [5, 5.41) is 10.5. The number of likely N-dealkylation sites (tertiary alicyclic amines) is 1. The van der Waals surface area contributed by atoms with E-state index in [4.69, 9.17) is 4.42 Å². The van der Waals surface area contributed by atoms with Crippen molar-refractivity contribution < 1.29 is 9.52 Å². The van der Waals surface area contributed by atoms with Crippen LogP contribution in [0, 0.1) is 0 Å². The molecule has 1 fully saturated rings. The Morgan fingerprint density at radius 3 is 2.41 bits per heavy atom. The first-order valence-electron chi connectivity index (χ1n) is 6.57. The summed E-state index contributed by atoms with van der Waals surface area (Å²) in [7, 11) is 0. The molecule has 1 aliphatic heterocycles. The van der Waals surface area contributed by atoms with Gasteiger partial charge in [-0.15, -0.1) is 0 Å². The van der Waals surface area contributed by atoms with E-state index in [0.717, 1.165) is 18.7 Å². The topological polar surface area (TPSA) is 36.6 Å². The third kappa shape index (κ3) is 2.72. The van der Waals surface area contributed by atoms with Crippen LogP contribution in [0.1, 0.15) is 51.2 Å². The smallest absolute Gasteiger partial charge is 0.0999 e. The summed E-state index contributed by atoms with van der Waals surface area (Å²) in [5.41, 5.74) is 0.646. The van der Waals surface area contributed by atoms with Crippen molar-refractivity contribution in [2.45, 2.75) is 51.2 Å². The molecule has 1 aliphatic rings. The SMILES string of the molecule is CC(C)(C(O)c1ccoc1)N1CCCCCC1. The number of hydrogen-bond donors (Lipinski definition) is 1. The molecular weight excluding hydrogens is 214 g/mol. The monoisotopic (exact) mass is 237 g/mol. The average molecular weight is 237 g/mol. The predicted molar refractivity (Wildman–Crippen MR) is 67.8 cm³/mol. The van der Waals surface area contributed by atoms with Crippen molar-refractivity contribution in [1.29, 1.82) is 0 Å². The van der Waals surface area contributed by atoms with Crippen LogP contribution in [0.4, 0.5) is 0 Å². The molecule has 1 N–H and O–H groups in total. The highest BCUT2D eigenvalue weighted by Crippen LogP contribution is 2.32. The van der Waals surface area contributed by atoms with Gasteiger partial charge in [-0.1, -0.05) is 12.8 Å². The van der Waals surface area contributed by atoms with Gasteiger partial charge in [0.25, 0.3) is 0 Å². The van der Waals surface area contributed by atoms with Gasteiger partial charge in [0.05, 0.1) is 18.6 Å². The number of aliphatic hydroxyl groups is 1. The highest BCUT2D eigenvalue weighted by atomic mass is 16.3. The van der Waals surface area contributed by atoms with Gasteiger partial charge >= 0.3 is 0 Å². The maximum Gasteiger partial charge on any atom is 0.0999 e. The molecule has 1 saturated heterocycles. The van der Waals surface area contributed by atoms with Crippen LogP contribution in [0.3, 0.4) is 0 Å². The fraction of sp³-hybridized carbons (Fsp3) is 0.714. The van der Waals surface area contributed by atoms with Crippen molar-refractivity contribution in [1.82, 2.24) is 4.90 Å². The summed E-state index contributed by atoms with van der Waals surface area (Å²) in [5.74, 6) is 0. The van der Waals surface area contributed by atoms with Gasteiger partial charge in [0, 0.05) is 11.1 Å². The zero-order chi connectivity index (χ0) is 12.3. The van der Waals surface area contributed by atoms with Crippen molar-refractivity contribution in [3.63, 3.8) is 0 Å². The summed E-state index contributed by atoms with van der Waals surface area (Å²) < 4.78 is 5.06. The highest BCUT2D eigenvalue weighted by Gasteiger charge is 2.35.